The number of carbonyl (C=O) groups is 1. The lowest BCUT2D eigenvalue weighted by molar-refractivity contribution is -0.176. The van der Waals surface area contributed by atoms with Crippen LogP contribution in [0, 0.1) is 17.2 Å². The van der Waals surface area contributed by atoms with Crippen molar-refractivity contribution in [2.24, 2.45) is 11.8 Å². The third kappa shape index (κ3) is 5.19. The van der Waals surface area contributed by atoms with Gasteiger partial charge in [0.2, 0.25) is 5.92 Å². The number of nitrogens with one attached hydrogen (secondary N) is 1. The smallest absolute Gasteiger partial charge is 0.343 e. The van der Waals surface area contributed by atoms with Crippen molar-refractivity contribution in [2.75, 3.05) is 19.7 Å². The fourth-order valence-corrected chi connectivity index (χ4v) is 4.25. The van der Waals surface area contributed by atoms with E-state index in [-0.39, 0.29) is 43.3 Å². The first-order valence-corrected chi connectivity index (χ1v) is 10.0. The van der Waals surface area contributed by atoms with Gasteiger partial charge in [0.1, 0.15) is 0 Å². The van der Waals surface area contributed by atoms with Crippen molar-refractivity contribution in [2.45, 2.75) is 43.6 Å². The molecule has 1 aromatic rings. The van der Waals surface area contributed by atoms with E-state index in [1.165, 1.54) is 6.34 Å². The number of rotatable bonds is 7. The molecule has 0 bridgehead atoms. The monoisotopic (exact) mass is 442 g/mol. The molecule has 8 heteroatoms. The lowest BCUT2D eigenvalue weighted by Gasteiger charge is -2.34. The topological polar surface area (TPSA) is 73.6 Å². The van der Waals surface area contributed by atoms with Gasteiger partial charge in [-0.25, -0.2) is 13.6 Å². The van der Waals surface area contributed by atoms with Crippen LogP contribution >= 0.6 is 12.4 Å². The maximum atomic E-state index is 13.9. The molecule has 30 heavy (non-hydrogen) atoms. The molecule has 2 unspecified atom stereocenters. The van der Waals surface area contributed by atoms with Gasteiger partial charge in [0.05, 0.1) is 12.9 Å². The summed E-state index contributed by atoms with van der Waals surface area (Å²) in [7, 11) is 0. The summed E-state index contributed by atoms with van der Waals surface area (Å²) in [6, 6.07) is 6.55. The second kappa shape index (κ2) is 9.88. The van der Waals surface area contributed by atoms with E-state index in [4.69, 9.17) is 10.1 Å². The Hall–Kier alpha value is -1.99. The molecule has 2 fully saturated rings. The van der Waals surface area contributed by atoms with E-state index in [1.807, 2.05) is 4.90 Å². The number of hydrogen-bond acceptors (Lipinski definition) is 4. The van der Waals surface area contributed by atoms with Crippen LogP contribution in [0.2, 0.25) is 0 Å². The van der Waals surface area contributed by atoms with Crippen LogP contribution in [-0.2, 0) is 15.1 Å². The Labute approximate surface area is 182 Å². The second-order valence-corrected chi connectivity index (χ2v) is 8.10. The average Bonchev–Trinajstić information content (AvgIpc) is 3.11. The van der Waals surface area contributed by atoms with E-state index in [0.717, 1.165) is 18.4 Å². The molecule has 1 aliphatic carbocycles. The van der Waals surface area contributed by atoms with Crippen molar-refractivity contribution in [1.29, 1.82) is 5.41 Å². The number of nitrogens with zero attached hydrogens (tertiary/aromatic N) is 1. The lowest BCUT2D eigenvalue weighted by atomic mass is 9.79. The SMILES string of the molecule is C=Cc1ccc(C(O)(C(=O)OCC2CCN(C=N)CC2)C2CCC(F)(F)C2)cc1.Cl. The van der Waals surface area contributed by atoms with Crippen molar-refractivity contribution in [3.63, 3.8) is 0 Å². The maximum Gasteiger partial charge on any atom is 0.343 e. The maximum absolute atomic E-state index is 13.9. The first kappa shape index (κ1) is 24.3. The Balaban J connectivity index is 0.00000320. The summed E-state index contributed by atoms with van der Waals surface area (Å²) in [6.07, 6.45) is 3.64. The van der Waals surface area contributed by atoms with Crippen molar-refractivity contribution in [3.05, 3.63) is 42.0 Å². The van der Waals surface area contributed by atoms with Crippen LogP contribution in [0.3, 0.4) is 0 Å². The number of hydrogen-bond donors (Lipinski definition) is 2. The molecule has 2 N–H and O–H groups in total. The zero-order chi connectivity index (χ0) is 21.1. The van der Waals surface area contributed by atoms with Gasteiger partial charge in [0, 0.05) is 31.8 Å². The standard InChI is InChI=1S/C22H28F2N2O3.ClH/c1-2-16-3-5-18(6-4-16)22(28,19-7-10-21(23,24)13-19)20(27)29-14-17-8-11-26(15-25)12-9-17;/h2-6,15,17,19,25,28H,1,7-14H2;1H. The molecule has 5 nitrogen and oxygen atoms in total. The van der Waals surface area contributed by atoms with Crippen LogP contribution in [0.15, 0.2) is 30.8 Å². The van der Waals surface area contributed by atoms with Crippen molar-refractivity contribution < 1.29 is 23.4 Å². The minimum Gasteiger partial charge on any atom is -0.463 e. The normalized spacial score (nSPS) is 23.2. The number of esters is 1. The number of ether oxygens (including phenoxy) is 1. The van der Waals surface area contributed by atoms with Gasteiger partial charge < -0.3 is 14.7 Å². The second-order valence-electron chi connectivity index (χ2n) is 8.10. The summed E-state index contributed by atoms with van der Waals surface area (Å²) in [5.41, 5.74) is -1.02. The van der Waals surface area contributed by atoms with Crippen LogP contribution < -0.4 is 0 Å². The zero-order valence-corrected chi connectivity index (χ0v) is 17.7. The predicted molar refractivity (Wildman–Crippen MR) is 114 cm³/mol. The number of benzene rings is 1. The Morgan fingerprint density at radius 2 is 1.93 bits per heavy atom. The molecular formula is C22H29ClF2N2O3. The molecule has 0 spiro atoms. The zero-order valence-electron chi connectivity index (χ0n) is 16.9. The van der Waals surface area contributed by atoms with Crippen LogP contribution in [0.5, 0.6) is 0 Å². The van der Waals surface area contributed by atoms with E-state index in [0.29, 0.717) is 13.1 Å². The quantitative estimate of drug-likeness (QED) is 0.376. The molecule has 1 saturated heterocycles. The van der Waals surface area contributed by atoms with Gasteiger partial charge in [-0.3, -0.25) is 5.41 Å². The number of halogens is 3. The Kier molecular flexibility index (Phi) is 7.99. The molecule has 0 radical (unpaired) electrons. The highest BCUT2D eigenvalue weighted by molar-refractivity contribution is 5.85. The highest BCUT2D eigenvalue weighted by Crippen LogP contribution is 2.48. The third-order valence-electron chi connectivity index (χ3n) is 6.17. The molecule has 0 aromatic heterocycles. The fourth-order valence-electron chi connectivity index (χ4n) is 4.25. The van der Waals surface area contributed by atoms with Crippen molar-refractivity contribution >= 4 is 30.8 Å². The molecule has 0 amide bonds. The Bertz CT molecular complexity index is 751. The number of piperidine rings is 1. The van der Waals surface area contributed by atoms with E-state index in [1.54, 1.807) is 30.3 Å². The van der Waals surface area contributed by atoms with Gasteiger partial charge in [-0.1, -0.05) is 36.9 Å². The van der Waals surface area contributed by atoms with Gasteiger partial charge in [-0.05, 0) is 36.3 Å². The summed E-state index contributed by atoms with van der Waals surface area (Å²) in [6.45, 7) is 5.25. The molecule has 1 aromatic carbocycles. The molecule has 1 heterocycles. The van der Waals surface area contributed by atoms with Gasteiger partial charge in [0.25, 0.3) is 0 Å². The summed E-state index contributed by atoms with van der Waals surface area (Å²) < 4.78 is 33.2. The van der Waals surface area contributed by atoms with Crippen LogP contribution in [0.25, 0.3) is 6.08 Å². The molecule has 1 saturated carbocycles. The molecule has 2 aliphatic rings. The number of likely N-dealkylation sites (tertiary alicyclic amines) is 1. The van der Waals surface area contributed by atoms with Gasteiger partial charge in [0.15, 0.2) is 5.60 Å². The minimum atomic E-state index is -2.89. The molecule has 2 atom stereocenters. The van der Waals surface area contributed by atoms with Crippen LogP contribution in [0.1, 0.15) is 43.2 Å². The first-order valence-electron chi connectivity index (χ1n) is 10.0. The summed E-state index contributed by atoms with van der Waals surface area (Å²) >= 11 is 0. The summed E-state index contributed by atoms with van der Waals surface area (Å²) in [4.78, 5) is 14.9. The highest BCUT2D eigenvalue weighted by atomic mass is 35.5. The Morgan fingerprint density at radius 3 is 2.43 bits per heavy atom. The molecular weight excluding hydrogens is 414 g/mol. The lowest BCUT2D eigenvalue weighted by Crippen LogP contribution is -2.45. The molecule has 166 valence electrons. The highest BCUT2D eigenvalue weighted by Gasteiger charge is 2.54. The number of aliphatic hydroxyl groups is 1. The third-order valence-corrected chi connectivity index (χ3v) is 6.17. The molecule has 3 rings (SSSR count). The first-order chi connectivity index (χ1) is 13.8. The largest absolute Gasteiger partial charge is 0.463 e. The van der Waals surface area contributed by atoms with E-state index < -0.39 is 29.8 Å². The summed E-state index contributed by atoms with van der Waals surface area (Å²) in [5, 5.41) is 18.7. The number of alkyl halides is 2. The predicted octanol–water partition coefficient (Wildman–Crippen LogP) is 4.24. The van der Waals surface area contributed by atoms with Crippen molar-refractivity contribution in [1.82, 2.24) is 4.90 Å². The average molecular weight is 443 g/mol. The molecule has 1 aliphatic heterocycles. The van der Waals surface area contributed by atoms with Crippen molar-refractivity contribution in [3.8, 4) is 0 Å². The van der Waals surface area contributed by atoms with Gasteiger partial charge >= 0.3 is 5.97 Å². The number of carbonyl (C=O) groups excluding carboxylic acids is 1. The van der Waals surface area contributed by atoms with E-state index >= 15 is 0 Å². The Morgan fingerprint density at radius 1 is 1.30 bits per heavy atom. The fraction of sp³-hybridized carbons (Fsp3) is 0.545. The van der Waals surface area contributed by atoms with E-state index in [2.05, 4.69) is 6.58 Å². The van der Waals surface area contributed by atoms with Crippen LogP contribution in [-0.4, -0.2) is 47.9 Å². The van der Waals surface area contributed by atoms with Gasteiger partial charge in [-0.15, -0.1) is 12.4 Å². The minimum absolute atomic E-state index is 0. The van der Waals surface area contributed by atoms with E-state index in [9.17, 15) is 18.7 Å². The van der Waals surface area contributed by atoms with Crippen LogP contribution in [0.4, 0.5) is 8.78 Å². The summed E-state index contributed by atoms with van der Waals surface area (Å²) in [5.74, 6) is -4.52. The van der Waals surface area contributed by atoms with Gasteiger partial charge in [-0.2, -0.15) is 0 Å².